The molecule has 0 radical (unpaired) electrons. The third-order valence-electron chi connectivity index (χ3n) is 4.93. The summed E-state index contributed by atoms with van der Waals surface area (Å²) in [5.41, 5.74) is -1.63. The second-order valence-corrected chi connectivity index (χ2v) is 7.29. The molecule has 0 atom stereocenters. The number of ether oxygens (including phenoxy) is 2. The summed E-state index contributed by atoms with van der Waals surface area (Å²) in [5, 5.41) is 13.9. The molecule has 0 unspecified atom stereocenters. The van der Waals surface area contributed by atoms with Crippen LogP contribution in [0.15, 0.2) is 66.9 Å². The van der Waals surface area contributed by atoms with Gasteiger partial charge in [0, 0.05) is 18.3 Å². The second kappa shape index (κ2) is 8.95. The van der Waals surface area contributed by atoms with E-state index in [1.165, 1.54) is 30.5 Å². The van der Waals surface area contributed by atoms with Gasteiger partial charge in [0.25, 0.3) is 0 Å². The molecule has 1 aromatic heterocycles. The first-order valence-electron chi connectivity index (χ1n) is 9.88. The number of carboxylic acid groups (broad SMARTS) is 1. The summed E-state index contributed by atoms with van der Waals surface area (Å²) < 4.78 is 25.2. The number of carboxylic acids is 1. The summed E-state index contributed by atoms with van der Waals surface area (Å²) in [7, 11) is 0. The summed E-state index contributed by atoms with van der Waals surface area (Å²) in [6.45, 7) is 0. The minimum Gasteiger partial charge on any atom is -0.480 e. The van der Waals surface area contributed by atoms with Crippen molar-refractivity contribution in [3.8, 4) is 17.2 Å². The lowest BCUT2D eigenvalue weighted by atomic mass is 10.1. The number of nitrogens with zero attached hydrogens (tertiary/aromatic N) is 1. The van der Waals surface area contributed by atoms with Crippen LogP contribution in [0.3, 0.4) is 0 Å². The van der Waals surface area contributed by atoms with E-state index in [4.69, 9.17) is 14.6 Å². The van der Waals surface area contributed by atoms with Crippen LogP contribution < -0.4 is 20.1 Å². The topological polar surface area (TPSA) is 127 Å². The van der Waals surface area contributed by atoms with Crippen LogP contribution in [0.1, 0.15) is 12.8 Å². The molecule has 9 nitrogen and oxygen atoms in total. The van der Waals surface area contributed by atoms with E-state index < -0.39 is 29.2 Å². The molecule has 0 saturated heterocycles. The first kappa shape index (κ1) is 21.8. The van der Waals surface area contributed by atoms with E-state index in [1.54, 1.807) is 30.3 Å². The van der Waals surface area contributed by atoms with Gasteiger partial charge in [-0.05, 0) is 43.2 Å². The average Bonchev–Trinajstić information content (AvgIpc) is 3.59. The molecule has 33 heavy (non-hydrogen) atoms. The highest BCUT2D eigenvalue weighted by molar-refractivity contribution is 6.10. The van der Waals surface area contributed by atoms with E-state index in [9.17, 15) is 18.8 Å². The molecule has 0 bridgehead atoms. The van der Waals surface area contributed by atoms with Crippen molar-refractivity contribution in [2.45, 2.75) is 12.8 Å². The molecule has 168 valence electrons. The van der Waals surface area contributed by atoms with Crippen LogP contribution in [-0.4, -0.2) is 28.1 Å². The number of carbonyl (C=O) groups is 3. The molecule has 3 aromatic rings. The largest absolute Gasteiger partial charge is 0.480 e. The van der Waals surface area contributed by atoms with Gasteiger partial charge in [0.1, 0.15) is 34.3 Å². The summed E-state index contributed by atoms with van der Waals surface area (Å²) in [5.74, 6) is -1.87. The van der Waals surface area contributed by atoms with Crippen molar-refractivity contribution in [2.75, 3.05) is 10.6 Å². The Hall–Kier alpha value is -4.47. The van der Waals surface area contributed by atoms with Crippen LogP contribution in [0.4, 0.5) is 20.7 Å². The maximum Gasteiger partial charge on any atom is 0.418 e. The Morgan fingerprint density at radius 1 is 0.939 bits per heavy atom. The zero-order valence-corrected chi connectivity index (χ0v) is 17.1. The number of halogens is 1. The summed E-state index contributed by atoms with van der Waals surface area (Å²) in [6.07, 6.45) is 1.08. The molecule has 1 fully saturated rings. The van der Waals surface area contributed by atoms with E-state index in [-0.39, 0.29) is 35.8 Å². The van der Waals surface area contributed by atoms with Gasteiger partial charge in [0.2, 0.25) is 5.91 Å². The van der Waals surface area contributed by atoms with E-state index in [2.05, 4.69) is 15.6 Å². The molecule has 1 aliphatic rings. The number of amides is 2. The van der Waals surface area contributed by atoms with Crippen LogP contribution in [0, 0.1) is 11.2 Å². The number of para-hydroxylation sites is 1. The summed E-state index contributed by atoms with van der Waals surface area (Å²) >= 11 is 0. The Labute approximate surface area is 187 Å². The maximum atomic E-state index is 14.5. The van der Waals surface area contributed by atoms with E-state index in [0.717, 1.165) is 6.07 Å². The number of carbonyl (C=O) groups excluding carboxylic acids is 2. The number of aromatic nitrogens is 1. The molecule has 3 N–H and O–H groups in total. The van der Waals surface area contributed by atoms with Gasteiger partial charge < -0.3 is 19.9 Å². The van der Waals surface area contributed by atoms with Crippen molar-refractivity contribution in [3.63, 3.8) is 0 Å². The lowest BCUT2D eigenvalue weighted by Crippen LogP contribution is -2.31. The zero-order chi connectivity index (χ0) is 23.4. The lowest BCUT2D eigenvalue weighted by molar-refractivity contribution is -0.147. The van der Waals surface area contributed by atoms with Gasteiger partial charge in [-0.3, -0.25) is 14.9 Å². The predicted octanol–water partition coefficient (Wildman–Crippen LogP) is 4.43. The molecule has 1 aliphatic carbocycles. The SMILES string of the molecule is O=C(Nc1cc(Oc2ccc(NC(=O)C3(C(=O)O)CC3)c(F)c2)ccn1)Oc1ccccc1. The van der Waals surface area contributed by atoms with Crippen molar-refractivity contribution in [1.29, 1.82) is 0 Å². The first-order chi connectivity index (χ1) is 15.9. The van der Waals surface area contributed by atoms with Crippen molar-refractivity contribution < 1.29 is 33.4 Å². The molecular formula is C23H18FN3O6. The zero-order valence-electron chi connectivity index (χ0n) is 17.1. The van der Waals surface area contributed by atoms with Crippen LogP contribution >= 0.6 is 0 Å². The minimum absolute atomic E-state index is 0.119. The number of nitrogens with one attached hydrogen (secondary N) is 2. The summed E-state index contributed by atoms with van der Waals surface area (Å²) in [4.78, 5) is 39.4. The maximum absolute atomic E-state index is 14.5. The Morgan fingerprint density at radius 3 is 2.33 bits per heavy atom. The molecule has 2 amide bonds. The van der Waals surface area contributed by atoms with Crippen molar-refractivity contribution in [2.24, 2.45) is 5.41 Å². The van der Waals surface area contributed by atoms with E-state index in [0.29, 0.717) is 5.75 Å². The molecule has 10 heteroatoms. The third kappa shape index (κ3) is 5.06. The highest BCUT2D eigenvalue weighted by Crippen LogP contribution is 2.47. The molecule has 0 spiro atoms. The Balaban J connectivity index is 1.39. The highest BCUT2D eigenvalue weighted by atomic mass is 19.1. The molecule has 1 saturated carbocycles. The van der Waals surface area contributed by atoms with Gasteiger partial charge in [-0.25, -0.2) is 14.2 Å². The van der Waals surface area contributed by atoms with E-state index in [1.807, 2.05) is 0 Å². The van der Waals surface area contributed by atoms with Crippen molar-refractivity contribution in [1.82, 2.24) is 4.98 Å². The molecule has 0 aliphatic heterocycles. The quantitative estimate of drug-likeness (QED) is 0.454. The van der Waals surface area contributed by atoms with Crippen molar-refractivity contribution in [3.05, 3.63) is 72.7 Å². The van der Waals surface area contributed by atoms with Crippen molar-refractivity contribution >= 4 is 29.5 Å². The van der Waals surface area contributed by atoms with Gasteiger partial charge in [-0.15, -0.1) is 0 Å². The average molecular weight is 451 g/mol. The van der Waals surface area contributed by atoms with Crippen LogP contribution in [0.25, 0.3) is 0 Å². The Bertz CT molecular complexity index is 1210. The van der Waals surface area contributed by atoms with Gasteiger partial charge in [-0.2, -0.15) is 0 Å². The highest BCUT2D eigenvalue weighted by Gasteiger charge is 2.57. The van der Waals surface area contributed by atoms with Gasteiger partial charge in [0.05, 0.1) is 5.69 Å². The second-order valence-electron chi connectivity index (χ2n) is 7.29. The fourth-order valence-corrected chi connectivity index (χ4v) is 2.97. The normalized spacial score (nSPS) is 13.5. The number of aliphatic carboxylic acids is 1. The third-order valence-corrected chi connectivity index (χ3v) is 4.93. The Morgan fingerprint density at radius 2 is 1.67 bits per heavy atom. The van der Waals surface area contributed by atoms with Gasteiger partial charge >= 0.3 is 12.1 Å². The number of hydrogen-bond acceptors (Lipinski definition) is 6. The number of anilines is 2. The monoisotopic (exact) mass is 451 g/mol. The predicted molar refractivity (Wildman–Crippen MR) is 115 cm³/mol. The van der Waals surface area contributed by atoms with Crippen LogP contribution in [-0.2, 0) is 9.59 Å². The first-order valence-corrected chi connectivity index (χ1v) is 9.88. The minimum atomic E-state index is -1.48. The molecule has 4 rings (SSSR count). The number of rotatable bonds is 7. The smallest absolute Gasteiger partial charge is 0.418 e. The lowest BCUT2D eigenvalue weighted by Gasteiger charge is -2.13. The van der Waals surface area contributed by atoms with Crippen LogP contribution in [0.5, 0.6) is 17.2 Å². The van der Waals surface area contributed by atoms with Crippen LogP contribution in [0.2, 0.25) is 0 Å². The summed E-state index contributed by atoms with van der Waals surface area (Å²) in [6, 6.07) is 15.1. The standard InChI is InChI=1S/C23H18FN3O6/c24-17-12-15(6-7-18(17)26-20(28)23(9-10-23)21(29)30)32-16-8-11-25-19(13-16)27-22(31)33-14-4-2-1-3-5-14/h1-8,11-13H,9-10H2,(H,26,28)(H,29,30)(H,25,27,31). The number of pyridine rings is 1. The number of benzene rings is 2. The molecule has 2 aromatic carbocycles. The molecule has 1 heterocycles. The Kier molecular flexibility index (Phi) is 5.90. The fourth-order valence-electron chi connectivity index (χ4n) is 2.97. The fraction of sp³-hybridized carbons (Fsp3) is 0.130. The van der Waals surface area contributed by atoms with Gasteiger partial charge in [-0.1, -0.05) is 18.2 Å². The number of hydrogen-bond donors (Lipinski definition) is 3. The van der Waals surface area contributed by atoms with Gasteiger partial charge in [0.15, 0.2) is 0 Å². The molecular weight excluding hydrogens is 433 g/mol. The van der Waals surface area contributed by atoms with E-state index >= 15 is 0 Å².